The molecule has 0 N–H and O–H groups in total. The number of hydrogen-bond donors (Lipinski definition) is 0. The summed E-state index contributed by atoms with van der Waals surface area (Å²) >= 11 is 0. The minimum absolute atomic E-state index is 0.156. The number of rotatable bonds is 8. The molecule has 0 atom stereocenters. The van der Waals surface area contributed by atoms with Gasteiger partial charge in [-0.2, -0.15) is 5.10 Å². The van der Waals surface area contributed by atoms with E-state index < -0.39 is 0 Å². The van der Waals surface area contributed by atoms with Gasteiger partial charge in [-0.25, -0.2) is 9.07 Å². The molecule has 0 unspecified atom stereocenters. The van der Waals surface area contributed by atoms with Crippen LogP contribution in [-0.2, 0) is 13.1 Å². The molecule has 1 heterocycles. The average molecular weight is 407 g/mol. The van der Waals surface area contributed by atoms with E-state index in [1.54, 1.807) is 24.3 Å². The SMILES string of the molecule is CCCCCn1nc(C(=O)N(Cc2ccc(F)cc2)C2CC2)c2ccccc2c1=O. The Labute approximate surface area is 175 Å². The molecule has 30 heavy (non-hydrogen) atoms. The summed E-state index contributed by atoms with van der Waals surface area (Å²) in [6.07, 6.45) is 4.78. The summed E-state index contributed by atoms with van der Waals surface area (Å²) in [6.45, 7) is 3.00. The number of carbonyl (C=O) groups excluding carboxylic acids is 1. The van der Waals surface area contributed by atoms with Gasteiger partial charge in [0.25, 0.3) is 11.5 Å². The molecule has 0 saturated heterocycles. The van der Waals surface area contributed by atoms with Crippen LogP contribution in [0.5, 0.6) is 0 Å². The summed E-state index contributed by atoms with van der Waals surface area (Å²) in [4.78, 5) is 28.3. The molecule has 0 spiro atoms. The zero-order chi connectivity index (χ0) is 21.1. The van der Waals surface area contributed by atoms with Crippen LogP contribution in [0, 0.1) is 5.82 Å². The highest BCUT2D eigenvalue weighted by Crippen LogP contribution is 2.30. The van der Waals surface area contributed by atoms with Gasteiger partial charge in [-0.05, 0) is 43.0 Å². The third-order valence-corrected chi connectivity index (χ3v) is 5.56. The summed E-state index contributed by atoms with van der Waals surface area (Å²) in [6, 6.07) is 13.6. The van der Waals surface area contributed by atoms with Crippen molar-refractivity contribution in [3.05, 3.63) is 76.0 Å². The molecule has 3 aromatic rings. The van der Waals surface area contributed by atoms with Gasteiger partial charge in [0.2, 0.25) is 0 Å². The van der Waals surface area contributed by atoms with Gasteiger partial charge < -0.3 is 4.90 Å². The van der Waals surface area contributed by atoms with E-state index in [4.69, 9.17) is 0 Å². The van der Waals surface area contributed by atoms with Gasteiger partial charge in [0.05, 0.1) is 5.39 Å². The highest BCUT2D eigenvalue weighted by atomic mass is 19.1. The minimum Gasteiger partial charge on any atom is -0.330 e. The molecule has 6 heteroatoms. The molecule has 1 aromatic heterocycles. The second-order valence-corrected chi connectivity index (χ2v) is 7.92. The first-order chi connectivity index (χ1) is 14.6. The van der Waals surface area contributed by atoms with Crippen molar-refractivity contribution in [3.63, 3.8) is 0 Å². The predicted molar refractivity (Wildman–Crippen MR) is 115 cm³/mol. The highest BCUT2D eigenvalue weighted by Gasteiger charge is 2.34. The van der Waals surface area contributed by atoms with Gasteiger partial charge in [-0.1, -0.05) is 50.1 Å². The predicted octanol–water partition coefficient (Wildman–Crippen LogP) is 4.53. The fourth-order valence-corrected chi connectivity index (χ4v) is 3.73. The van der Waals surface area contributed by atoms with Crippen LogP contribution in [-0.4, -0.2) is 26.6 Å². The van der Waals surface area contributed by atoms with Crippen molar-refractivity contribution < 1.29 is 9.18 Å². The van der Waals surface area contributed by atoms with E-state index in [1.807, 2.05) is 17.0 Å². The Balaban J connectivity index is 1.72. The number of aryl methyl sites for hydroxylation is 1. The summed E-state index contributed by atoms with van der Waals surface area (Å²) in [5.74, 6) is -0.475. The van der Waals surface area contributed by atoms with Crippen LogP contribution in [0.25, 0.3) is 10.8 Å². The zero-order valence-corrected chi connectivity index (χ0v) is 17.2. The normalized spacial score (nSPS) is 13.5. The number of fused-ring (bicyclic) bond motifs is 1. The van der Waals surface area contributed by atoms with Crippen molar-refractivity contribution >= 4 is 16.7 Å². The largest absolute Gasteiger partial charge is 0.330 e. The molecule has 1 aliphatic carbocycles. The molecular weight excluding hydrogens is 381 g/mol. The molecule has 156 valence electrons. The summed E-state index contributed by atoms with van der Waals surface area (Å²) in [5, 5.41) is 5.62. The molecule has 0 aliphatic heterocycles. The number of nitrogens with zero attached hydrogens (tertiary/aromatic N) is 3. The number of benzene rings is 2. The first kappa shape index (κ1) is 20.3. The van der Waals surface area contributed by atoms with Crippen molar-refractivity contribution in [2.75, 3.05) is 0 Å². The lowest BCUT2D eigenvalue weighted by atomic mass is 10.1. The van der Waals surface area contributed by atoms with E-state index >= 15 is 0 Å². The maximum absolute atomic E-state index is 13.6. The second-order valence-electron chi connectivity index (χ2n) is 7.92. The van der Waals surface area contributed by atoms with Crippen LogP contribution in [0.2, 0.25) is 0 Å². The molecule has 1 fully saturated rings. The summed E-state index contributed by atoms with van der Waals surface area (Å²) < 4.78 is 14.7. The number of carbonyl (C=O) groups is 1. The molecule has 0 radical (unpaired) electrons. The van der Waals surface area contributed by atoms with Crippen molar-refractivity contribution in [1.29, 1.82) is 0 Å². The highest BCUT2D eigenvalue weighted by molar-refractivity contribution is 6.05. The minimum atomic E-state index is -0.296. The van der Waals surface area contributed by atoms with Gasteiger partial charge >= 0.3 is 0 Å². The van der Waals surface area contributed by atoms with E-state index in [9.17, 15) is 14.0 Å². The second kappa shape index (κ2) is 8.78. The number of unbranched alkanes of at least 4 members (excludes halogenated alkanes) is 2. The monoisotopic (exact) mass is 407 g/mol. The van der Waals surface area contributed by atoms with Gasteiger partial charge in [-0.15, -0.1) is 0 Å². The van der Waals surface area contributed by atoms with Crippen LogP contribution in [0.15, 0.2) is 53.3 Å². The molecular formula is C24H26FN3O2. The van der Waals surface area contributed by atoms with Crippen molar-refractivity contribution in [1.82, 2.24) is 14.7 Å². The lowest BCUT2D eigenvalue weighted by Crippen LogP contribution is -2.35. The standard InChI is InChI=1S/C24H26FN3O2/c1-2-3-6-15-28-23(29)21-8-5-4-7-20(21)22(26-28)24(30)27(19-13-14-19)16-17-9-11-18(25)12-10-17/h4-5,7-12,19H,2-3,6,13-16H2,1H3. The van der Waals surface area contributed by atoms with E-state index in [1.165, 1.54) is 16.8 Å². The van der Waals surface area contributed by atoms with E-state index in [2.05, 4.69) is 12.0 Å². The van der Waals surface area contributed by atoms with Crippen molar-refractivity contribution in [2.45, 2.75) is 58.2 Å². The Bertz CT molecular complexity index is 1100. The smallest absolute Gasteiger partial charge is 0.275 e. The van der Waals surface area contributed by atoms with Crippen molar-refractivity contribution in [3.8, 4) is 0 Å². The molecule has 5 nitrogen and oxygen atoms in total. The van der Waals surface area contributed by atoms with Gasteiger partial charge in [0, 0.05) is 24.5 Å². The Morgan fingerprint density at radius 2 is 1.80 bits per heavy atom. The molecule has 1 aliphatic rings. The van der Waals surface area contributed by atoms with Crippen molar-refractivity contribution in [2.24, 2.45) is 0 Å². The first-order valence-corrected chi connectivity index (χ1v) is 10.6. The molecule has 2 aromatic carbocycles. The molecule has 1 saturated carbocycles. The third-order valence-electron chi connectivity index (χ3n) is 5.56. The molecule has 4 rings (SSSR count). The van der Waals surface area contributed by atoms with E-state index in [-0.39, 0.29) is 23.3 Å². The Hall–Kier alpha value is -3.02. The Morgan fingerprint density at radius 3 is 2.47 bits per heavy atom. The number of hydrogen-bond acceptors (Lipinski definition) is 3. The topological polar surface area (TPSA) is 55.2 Å². The lowest BCUT2D eigenvalue weighted by molar-refractivity contribution is 0.0723. The summed E-state index contributed by atoms with van der Waals surface area (Å²) in [5.41, 5.74) is 1.03. The Morgan fingerprint density at radius 1 is 1.10 bits per heavy atom. The van der Waals surface area contributed by atoms with Gasteiger partial charge in [0.15, 0.2) is 5.69 Å². The maximum atomic E-state index is 13.6. The van der Waals surface area contributed by atoms with Crippen LogP contribution in [0.1, 0.15) is 55.1 Å². The van der Waals surface area contributed by atoms with Crippen LogP contribution >= 0.6 is 0 Å². The quantitative estimate of drug-likeness (QED) is 0.516. The van der Waals surface area contributed by atoms with E-state index in [0.29, 0.717) is 29.6 Å². The van der Waals surface area contributed by atoms with Crippen LogP contribution < -0.4 is 5.56 Å². The summed E-state index contributed by atoms with van der Waals surface area (Å²) in [7, 11) is 0. The van der Waals surface area contributed by atoms with Crippen LogP contribution in [0.3, 0.4) is 0 Å². The van der Waals surface area contributed by atoms with E-state index in [0.717, 1.165) is 37.7 Å². The van der Waals surface area contributed by atoms with Gasteiger partial charge in [-0.3, -0.25) is 9.59 Å². The number of aromatic nitrogens is 2. The number of halogens is 1. The molecule has 0 bridgehead atoms. The molecule has 1 amide bonds. The number of amides is 1. The third kappa shape index (κ3) is 4.27. The van der Waals surface area contributed by atoms with Gasteiger partial charge in [0.1, 0.15) is 5.82 Å². The fourth-order valence-electron chi connectivity index (χ4n) is 3.73. The fraction of sp³-hybridized carbons (Fsp3) is 0.375. The Kier molecular flexibility index (Phi) is 5.93. The van der Waals surface area contributed by atoms with Crippen LogP contribution in [0.4, 0.5) is 4.39 Å². The first-order valence-electron chi connectivity index (χ1n) is 10.6. The zero-order valence-electron chi connectivity index (χ0n) is 17.2. The average Bonchev–Trinajstić information content (AvgIpc) is 3.60. The maximum Gasteiger partial charge on any atom is 0.275 e. The lowest BCUT2D eigenvalue weighted by Gasteiger charge is -2.23.